The van der Waals surface area contributed by atoms with Gasteiger partial charge >= 0.3 is 0 Å². The topological polar surface area (TPSA) is 119 Å². The van der Waals surface area contributed by atoms with E-state index in [4.69, 9.17) is 0 Å². The zero-order valence-electron chi connectivity index (χ0n) is 20.9. The first-order valence-corrected chi connectivity index (χ1v) is 12.9. The van der Waals surface area contributed by atoms with Gasteiger partial charge in [0.25, 0.3) is 5.91 Å². The van der Waals surface area contributed by atoms with E-state index < -0.39 is 0 Å². The smallest absolute Gasteiger partial charge is 0.253 e. The number of amides is 2. The second kappa shape index (κ2) is 8.76. The summed E-state index contributed by atoms with van der Waals surface area (Å²) in [6, 6.07) is 11.7. The molecule has 2 amide bonds. The van der Waals surface area contributed by atoms with Crippen LogP contribution in [-0.2, 0) is 18.3 Å². The van der Waals surface area contributed by atoms with Crippen molar-refractivity contribution in [3.8, 4) is 11.3 Å². The highest BCUT2D eigenvalue weighted by Gasteiger charge is 2.30. The summed E-state index contributed by atoms with van der Waals surface area (Å²) in [7, 11) is 1.94. The molecule has 1 atom stereocenters. The first-order valence-electron chi connectivity index (χ1n) is 12.9. The third-order valence-corrected chi connectivity index (χ3v) is 7.44. The van der Waals surface area contributed by atoms with Crippen molar-refractivity contribution >= 4 is 34.3 Å². The standard InChI is InChI=1S/C28H26N8O2/c1-35-14-20(27(38)31-21-6-2-4-16-5-3-11-29-25(16)21)19-12-18(9-10-23(19)35)22-13-24-32-28(34-36(24)15-30-22)33-26(37)17-7-8-17/h3,5,9-15,17,21H,2,4,6-8H2,1H3,(H,31,38)(H,33,34,37). The minimum Gasteiger partial charge on any atom is -0.350 e. The molecule has 5 aromatic rings. The highest BCUT2D eigenvalue weighted by atomic mass is 16.2. The minimum atomic E-state index is -0.117. The van der Waals surface area contributed by atoms with Gasteiger partial charge in [0.2, 0.25) is 11.9 Å². The van der Waals surface area contributed by atoms with Crippen molar-refractivity contribution < 1.29 is 9.59 Å². The van der Waals surface area contributed by atoms with Gasteiger partial charge in [-0.05, 0) is 55.9 Å². The molecule has 0 bridgehead atoms. The number of hydrogen-bond acceptors (Lipinski definition) is 6. The van der Waals surface area contributed by atoms with E-state index in [1.54, 1.807) is 17.0 Å². The van der Waals surface area contributed by atoms with E-state index in [0.29, 0.717) is 16.9 Å². The van der Waals surface area contributed by atoms with Gasteiger partial charge in [0.15, 0.2) is 5.65 Å². The number of rotatable bonds is 5. The molecule has 2 aliphatic rings. The minimum absolute atomic E-state index is 0.0399. The van der Waals surface area contributed by atoms with Gasteiger partial charge < -0.3 is 9.88 Å². The molecule has 2 N–H and O–H groups in total. The Bertz CT molecular complexity index is 1730. The van der Waals surface area contributed by atoms with Crippen molar-refractivity contribution in [2.24, 2.45) is 13.0 Å². The zero-order chi connectivity index (χ0) is 25.8. The summed E-state index contributed by atoms with van der Waals surface area (Å²) in [4.78, 5) is 39.1. The zero-order valence-corrected chi connectivity index (χ0v) is 20.9. The Hall–Kier alpha value is -4.60. The molecule has 7 rings (SSSR count). The van der Waals surface area contributed by atoms with Crippen molar-refractivity contribution in [3.05, 3.63) is 71.9 Å². The van der Waals surface area contributed by atoms with Gasteiger partial charge in [-0.15, -0.1) is 5.10 Å². The molecule has 4 aromatic heterocycles. The summed E-state index contributed by atoms with van der Waals surface area (Å²) in [6.45, 7) is 0. The number of aryl methyl sites for hydroxylation is 2. The summed E-state index contributed by atoms with van der Waals surface area (Å²) in [6.07, 6.45) is 9.96. The fraction of sp³-hybridized carbons (Fsp3) is 0.286. The van der Waals surface area contributed by atoms with Crippen LogP contribution in [0.25, 0.3) is 27.8 Å². The van der Waals surface area contributed by atoms with Crippen LogP contribution >= 0.6 is 0 Å². The summed E-state index contributed by atoms with van der Waals surface area (Å²) in [5.41, 5.74) is 5.87. The van der Waals surface area contributed by atoms with Gasteiger partial charge in [-0.3, -0.25) is 19.9 Å². The average Bonchev–Trinajstić information content (AvgIpc) is 3.63. The van der Waals surface area contributed by atoms with Gasteiger partial charge in [0, 0.05) is 47.9 Å². The Balaban J connectivity index is 1.19. The molecule has 1 saturated carbocycles. The first-order chi connectivity index (χ1) is 18.5. The van der Waals surface area contributed by atoms with E-state index in [1.807, 2.05) is 48.1 Å². The van der Waals surface area contributed by atoms with Gasteiger partial charge in [-0.25, -0.2) is 9.50 Å². The highest BCUT2D eigenvalue weighted by molar-refractivity contribution is 6.08. The Labute approximate surface area is 218 Å². The quantitative estimate of drug-likeness (QED) is 0.374. The maximum atomic E-state index is 13.5. The SMILES string of the molecule is Cn1cc(C(=O)NC2CCCc3cccnc32)c2cc(-c3cc4nc(NC(=O)C5CC5)nn4cn3)ccc21. The lowest BCUT2D eigenvalue weighted by Gasteiger charge is -2.25. The maximum absolute atomic E-state index is 13.5. The van der Waals surface area contributed by atoms with Crippen LogP contribution in [0.3, 0.4) is 0 Å². The molecule has 10 heteroatoms. The lowest BCUT2D eigenvalue weighted by Crippen LogP contribution is -2.31. The van der Waals surface area contributed by atoms with Crippen LogP contribution in [0.4, 0.5) is 5.95 Å². The molecular formula is C28H26N8O2. The molecule has 4 heterocycles. The van der Waals surface area contributed by atoms with Crippen molar-refractivity contribution in [3.63, 3.8) is 0 Å². The largest absolute Gasteiger partial charge is 0.350 e. The number of carbonyl (C=O) groups is 2. The predicted molar refractivity (Wildman–Crippen MR) is 141 cm³/mol. The molecule has 0 spiro atoms. The van der Waals surface area contributed by atoms with Gasteiger partial charge in [0.05, 0.1) is 23.0 Å². The van der Waals surface area contributed by atoms with Crippen LogP contribution in [0.1, 0.15) is 53.3 Å². The van der Waals surface area contributed by atoms with E-state index in [9.17, 15) is 9.59 Å². The molecule has 0 aliphatic heterocycles. The number of hydrogen-bond donors (Lipinski definition) is 2. The number of nitrogens with zero attached hydrogens (tertiary/aromatic N) is 6. The number of anilines is 1. The summed E-state index contributed by atoms with van der Waals surface area (Å²) in [5, 5.41) is 11.2. The monoisotopic (exact) mass is 506 g/mol. The Morgan fingerprint density at radius 1 is 1.08 bits per heavy atom. The Kier molecular flexibility index (Phi) is 5.20. The van der Waals surface area contributed by atoms with Crippen LogP contribution in [0.2, 0.25) is 0 Å². The van der Waals surface area contributed by atoms with E-state index in [2.05, 4.69) is 36.8 Å². The van der Waals surface area contributed by atoms with Gasteiger partial charge in [0.1, 0.15) is 6.33 Å². The Morgan fingerprint density at radius 3 is 2.84 bits per heavy atom. The first kappa shape index (κ1) is 22.6. The van der Waals surface area contributed by atoms with Gasteiger partial charge in [-0.1, -0.05) is 12.1 Å². The second-order valence-electron chi connectivity index (χ2n) is 10.1. The molecule has 0 radical (unpaired) electrons. The van der Waals surface area contributed by atoms with E-state index in [-0.39, 0.29) is 29.7 Å². The maximum Gasteiger partial charge on any atom is 0.253 e. The van der Waals surface area contributed by atoms with Crippen LogP contribution in [0, 0.1) is 5.92 Å². The molecule has 1 unspecified atom stereocenters. The number of aromatic nitrogens is 6. The van der Waals surface area contributed by atoms with Crippen molar-refractivity contribution in [2.75, 3.05) is 5.32 Å². The van der Waals surface area contributed by atoms with Crippen LogP contribution in [0.5, 0.6) is 0 Å². The number of carbonyl (C=O) groups excluding carboxylic acids is 2. The predicted octanol–water partition coefficient (Wildman–Crippen LogP) is 3.83. The number of benzene rings is 1. The fourth-order valence-electron chi connectivity index (χ4n) is 5.28. The lowest BCUT2D eigenvalue weighted by atomic mass is 9.91. The summed E-state index contributed by atoms with van der Waals surface area (Å²) in [5.74, 6) is 0.190. The molecule has 1 fully saturated rings. The van der Waals surface area contributed by atoms with Crippen molar-refractivity contribution in [2.45, 2.75) is 38.1 Å². The molecule has 0 saturated heterocycles. The van der Waals surface area contributed by atoms with Crippen LogP contribution in [0.15, 0.2) is 55.1 Å². The van der Waals surface area contributed by atoms with Crippen molar-refractivity contribution in [1.82, 2.24) is 34.4 Å². The number of nitrogens with one attached hydrogen (secondary N) is 2. The highest BCUT2D eigenvalue weighted by Crippen LogP contribution is 2.31. The van der Waals surface area contributed by atoms with Crippen molar-refractivity contribution in [1.29, 1.82) is 0 Å². The number of fused-ring (bicyclic) bond motifs is 3. The van der Waals surface area contributed by atoms with E-state index in [1.165, 1.54) is 5.56 Å². The second-order valence-corrected chi connectivity index (χ2v) is 10.1. The summed E-state index contributed by atoms with van der Waals surface area (Å²) >= 11 is 0. The van der Waals surface area contributed by atoms with E-state index >= 15 is 0 Å². The lowest BCUT2D eigenvalue weighted by molar-refractivity contribution is -0.117. The van der Waals surface area contributed by atoms with Crippen LogP contribution in [-0.4, -0.2) is 40.9 Å². The number of pyridine rings is 1. The normalized spacial score (nSPS) is 16.9. The molecule has 38 heavy (non-hydrogen) atoms. The fourth-order valence-corrected chi connectivity index (χ4v) is 5.28. The molecule has 190 valence electrons. The molecule has 2 aliphatic carbocycles. The summed E-state index contributed by atoms with van der Waals surface area (Å²) < 4.78 is 3.51. The van der Waals surface area contributed by atoms with Gasteiger partial charge in [-0.2, -0.15) is 4.98 Å². The third-order valence-electron chi connectivity index (χ3n) is 7.44. The van der Waals surface area contributed by atoms with Crippen LogP contribution < -0.4 is 10.6 Å². The molecular weight excluding hydrogens is 480 g/mol. The molecule has 10 nitrogen and oxygen atoms in total. The Morgan fingerprint density at radius 2 is 1.97 bits per heavy atom. The van der Waals surface area contributed by atoms with E-state index in [0.717, 1.165) is 54.3 Å². The molecule has 1 aromatic carbocycles. The third kappa shape index (κ3) is 3.98. The average molecular weight is 507 g/mol.